The number of hydrogen-bond donors (Lipinski definition) is 1. The van der Waals surface area contributed by atoms with Gasteiger partial charge >= 0.3 is 6.43 Å². The van der Waals surface area contributed by atoms with Crippen molar-refractivity contribution in [3.8, 4) is 0 Å². The van der Waals surface area contributed by atoms with Gasteiger partial charge in [0.15, 0.2) is 0 Å². The van der Waals surface area contributed by atoms with E-state index in [0.29, 0.717) is 15.9 Å². The molecule has 0 unspecified atom stereocenters. The molecule has 0 aliphatic carbocycles. The average Bonchev–Trinajstić information content (AvgIpc) is 3.02. The molecule has 3 aromatic heterocycles. The summed E-state index contributed by atoms with van der Waals surface area (Å²) in [5.41, 5.74) is 0.520. The van der Waals surface area contributed by atoms with Crippen LogP contribution in [-0.2, 0) is 6.54 Å². The maximum Gasteiger partial charge on any atom is 0.300 e. The topological polar surface area (TPSA) is 93.8 Å². The molecule has 10 heteroatoms. The monoisotopic (exact) mass is 339 g/mol. The Morgan fingerprint density at radius 2 is 2.22 bits per heavy atom. The molecule has 0 spiro atoms. The molecule has 0 radical (unpaired) electrons. The third kappa shape index (κ3) is 3.24. The number of rotatable bonds is 4. The Morgan fingerprint density at radius 3 is 2.96 bits per heavy atom. The predicted molar refractivity (Wildman–Crippen MR) is 75.0 cm³/mol. The number of carbonyl (C=O) groups is 1. The first kappa shape index (κ1) is 15.2. The number of alkyl halides is 2. The molecular formula is C13H8ClF2N5O2. The van der Waals surface area contributed by atoms with Gasteiger partial charge in [0.05, 0.1) is 23.3 Å². The third-order valence-electron chi connectivity index (χ3n) is 2.87. The van der Waals surface area contributed by atoms with E-state index >= 15 is 0 Å². The Bertz CT molecular complexity index is 870. The molecule has 3 rings (SSSR count). The lowest BCUT2D eigenvalue weighted by Gasteiger charge is -2.05. The smallest absolute Gasteiger partial charge is 0.300 e. The molecule has 0 bridgehead atoms. The molecule has 0 saturated heterocycles. The van der Waals surface area contributed by atoms with Crippen molar-refractivity contribution in [1.82, 2.24) is 25.4 Å². The first-order valence-corrected chi connectivity index (χ1v) is 6.71. The number of aromatic nitrogens is 4. The minimum absolute atomic E-state index is 0.0594. The zero-order chi connectivity index (χ0) is 16.4. The third-order valence-corrected chi connectivity index (χ3v) is 3.19. The van der Waals surface area contributed by atoms with Crippen LogP contribution >= 0.6 is 11.6 Å². The van der Waals surface area contributed by atoms with Gasteiger partial charge in [-0.15, -0.1) is 0 Å². The van der Waals surface area contributed by atoms with Crippen molar-refractivity contribution in [1.29, 1.82) is 0 Å². The fourth-order valence-corrected chi connectivity index (χ4v) is 2.09. The molecule has 23 heavy (non-hydrogen) atoms. The summed E-state index contributed by atoms with van der Waals surface area (Å²) in [6.07, 6.45) is 0.202. The van der Waals surface area contributed by atoms with Crippen LogP contribution in [0.4, 0.5) is 8.78 Å². The summed E-state index contributed by atoms with van der Waals surface area (Å²) < 4.78 is 29.3. The van der Waals surface area contributed by atoms with Crippen LogP contribution in [0.2, 0.25) is 5.02 Å². The Balaban J connectivity index is 1.75. The van der Waals surface area contributed by atoms with Crippen molar-refractivity contribution in [2.24, 2.45) is 0 Å². The number of carbonyl (C=O) groups excluding carboxylic acids is 1. The van der Waals surface area contributed by atoms with Crippen LogP contribution in [-0.4, -0.2) is 26.0 Å². The summed E-state index contributed by atoms with van der Waals surface area (Å²) >= 11 is 6.09. The Morgan fingerprint density at radius 1 is 1.39 bits per heavy atom. The fraction of sp³-hybridized carbons (Fsp3) is 0.154. The number of halogens is 3. The molecule has 1 amide bonds. The second-order valence-electron chi connectivity index (χ2n) is 4.41. The lowest BCUT2D eigenvalue weighted by atomic mass is 10.2. The van der Waals surface area contributed by atoms with Gasteiger partial charge in [0, 0.05) is 11.6 Å². The van der Waals surface area contributed by atoms with E-state index in [9.17, 15) is 13.6 Å². The molecule has 0 atom stereocenters. The predicted octanol–water partition coefficient (Wildman–Crippen LogP) is 2.53. The first-order valence-electron chi connectivity index (χ1n) is 6.33. The maximum atomic E-state index is 12.3. The average molecular weight is 340 g/mol. The highest BCUT2D eigenvalue weighted by Gasteiger charge is 2.17. The van der Waals surface area contributed by atoms with E-state index in [1.807, 2.05) is 0 Å². The number of nitrogens with one attached hydrogen (secondary N) is 1. The molecule has 0 aliphatic heterocycles. The normalized spacial score (nSPS) is 11.1. The van der Waals surface area contributed by atoms with Crippen LogP contribution in [0.3, 0.4) is 0 Å². The fourth-order valence-electron chi connectivity index (χ4n) is 1.83. The van der Waals surface area contributed by atoms with Gasteiger partial charge in [0.1, 0.15) is 5.69 Å². The van der Waals surface area contributed by atoms with Gasteiger partial charge in [0.25, 0.3) is 5.91 Å². The van der Waals surface area contributed by atoms with E-state index in [-0.39, 0.29) is 18.1 Å². The van der Waals surface area contributed by atoms with Crippen LogP contribution in [0, 0.1) is 0 Å². The summed E-state index contributed by atoms with van der Waals surface area (Å²) in [5.74, 6) is -1.43. The number of amides is 1. The zero-order valence-electron chi connectivity index (χ0n) is 11.3. The van der Waals surface area contributed by atoms with Crippen molar-refractivity contribution < 1.29 is 18.1 Å². The van der Waals surface area contributed by atoms with Crippen LogP contribution in [0.25, 0.3) is 10.9 Å². The molecule has 3 heterocycles. The molecule has 0 aromatic carbocycles. The molecule has 0 aliphatic rings. The minimum atomic E-state index is -2.84. The Labute approximate surface area is 132 Å². The lowest BCUT2D eigenvalue weighted by molar-refractivity contribution is 0.0941. The van der Waals surface area contributed by atoms with Crippen molar-refractivity contribution in [3.63, 3.8) is 0 Å². The highest BCUT2D eigenvalue weighted by atomic mass is 35.5. The van der Waals surface area contributed by atoms with Crippen LogP contribution < -0.4 is 5.32 Å². The number of fused-ring (bicyclic) bond motifs is 1. The van der Waals surface area contributed by atoms with Crippen LogP contribution in [0.5, 0.6) is 0 Å². The number of nitrogens with zero attached hydrogens (tertiary/aromatic N) is 4. The lowest BCUT2D eigenvalue weighted by Crippen LogP contribution is -2.24. The largest absolute Gasteiger partial charge is 0.342 e. The van der Waals surface area contributed by atoms with Crippen molar-refractivity contribution in [3.05, 3.63) is 47.0 Å². The standard InChI is InChI=1S/C13H8ClF2N5O2/c14-7-3-8(19-9-4-17-2-1-6(7)9)13(22)18-5-10-20-12(11(15)16)21-23-10/h1-4,11H,5H2,(H,18,22). The Kier molecular flexibility index (Phi) is 4.11. The second kappa shape index (κ2) is 6.21. The van der Waals surface area contributed by atoms with E-state index in [1.165, 1.54) is 12.3 Å². The van der Waals surface area contributed by atoms with E-state index in [0.717, 1.165) is 0 Å². The first-order chi connectivity index (χ1) is 11.0. The molecule has 0 saturated carbocycles. The highest BCUT2D eigenvalue weighted by Crippen LogP contribution is 2.22. The molecule has 118 valence electrons. The van der Waals surface area contributed by atoms with Crippen molar-refractivity contribution in [2.75, 3.05) is 0 Å². The molecule has 3 aromatic rings. The molecule has 7 nitrogen and oxygen atoms in total. The number of hydrogen-bond acceptors (Lipinski definition) is 6. The minimum Gasteiger partial charge on any atom is -0.342 e. The van der Waals surface area contributed by atoms with E-state index in [1.54, 1.807) is 12.3 Å². The van der Waals surface area contributed by atoms with E-state index in [2.05, 4.69) is 29.9 Å². The summed E-state index contributed by atoms with van der Waals surface area (Å²) in [6, 6.07) is 3.08. The van der Waals surface area contributed by atoms with E-state index in [4.69, 9.17) is 11.6 Å². The summed E-state index contributed by atoms with van der Waals surface area (Å²) in [4.78, 5) is 23.6. The number of pyridine rings is 2. The maximum absolute atomic E-state index is 12.3. The quantitative estimate of drug-likeness (QED) is 0.785. The van der Waals surface area contributed by atoms with Gasteiger partial charge in [-0.1, -0.05) is 16.8 Å². The van der Waals surface area contributed by atoms with Gasteiger partial charge in [-0.05, 0) is 12.1 Å². The Hall–Kier alpha value is -2.68. The highest BCUT2D eigenvalue weighted by molar-refractivity contribution is 6.35. The van der Waals surface area contributed by atoms with Crippen LogP contribution in [0.1, 0.15) is 28.6 Å². The van der Waals surface area contributed by atoms with Gasteiger partial charge < -0.3 is 9.84 Å². The van der Waals surface area contributed by atoms with Crippen LogP contribution in [0.15, 0.2) is 29.0 Å². The SMILES string of the molecule is O=C(NCc1nc(C(F)F)no1)c1cc(Cl)c2ccncc2n1. The summed E-state index contributed by atoms with van der Waals surface area (Å²) in [5, 5.41) is 6.54. The zero-order valence-corrected chi connectivity index (χ0v) is 12.1. The van der Waals surface area contributed by atoms with Crippen molar-refractivity contribution >= 4 is 28.4 Å². The van der Waals surface area contributed by atoms with E-state index < -0.39 is 18.2 Å². The molecular weight excluding hydrogens is 332 g/mol. The van der Waals surface area contributed by atoms with Gasteiger partial charge in [-0.2, -0.15) is 4.98 Å². The van der Waals surface area contributed by atoms with Gasteiger partial charge in [-0.25, -0.2) is 13.8 Å². The molecule has 0 fully saturated rings. The van der Waals surface area contributed by atoms with Gasteiger partial charge in [-0.3, -0.25) is 9.78 Å². The molecule has 1 N–H and O–H groups in total. The summed E-state index contributed by atoms with van der Waals surface area (Å²) in [6.45, 7) is -0.205. The summed E-state index contributed by atoms with van der Waals surface area (Å²) in [7, 11) is 0. The second-order valence-corrected chi connectivity index (χ2v) is 4.82. The van der Waals surface area contributed by atoms with Gasteiger partial charge in [0.2, 0.25) is 11.7 Å². The van der Waals surface area contributed by atoms with Crippen molar-refractivity contribution in [2.45, 2.75) is 13.0 Å².